The minimum Gasteiger partial charge on any atom is -0.480 e. The van der Waals surface area contributed by atoms with E-state index in [2.05, 4.69) is 0 Å². The minimum absolute atomic E-state index is 0.0345. The fourth-order valence-corrected chi connectivity index (χ4v) is 3.07. The largest absolute Gasteiger partial charge is 0.480 e. The van der Waals surface area contributed by atoms with Gasteiger partial charge in [-0.1, -0.05) is 0 Å². The summed E-state index contributed by atoms with van der Waals surface area (Å²) in [6.45, 7) is -1.22. The first-order valence-electron chi connectivity index (χ1n) is 5.52. The van der Waals surface area contributed by atoms with Crippen LogP contribution in [0.4, 0.5) is 17.6 Å². The fourth-order valence-electron chi connectivity index (χ4n) is 2.17. The number of hydrogen-bond donors (Lipinski definition) is 1. The van der Waals surface area contributed by atoms with Gasteiger partial charge in [-0.3, -0.25) is 9.69 Å². The smallest absolute Gasteiger partial charge is 0.325 e. The van der Waals surface area contributed by atoms with Gasteiger partial charge in [0.15, 0.2) is 0 Å². The highest BCUT2D eigenvalue weighted by molar-refractivity contribution is 7.10. The van der Waals surface area contributed by atoms with Crippen LogP contribution in [0.3, 0.4) is 0 Å². The van der Waals surface area contributed by atoms with E-state index in [4.69, 9.17) is 5.11 Å². The molecule has 1 aromatic rings. The molecule has 0 bridgehead atoms. The molecule has 1 aliphatic heterocycles. The molecule has 1 unspecified atom stereocenters. The lowest BCUT2D eigenvalue weighted by Gasteiger charge is -2.35. The van der Waals surface area contributed by atoms with Gasteiger partial charge < -0.3 is 5.11 Å². The van der Waals surface area contributed by atoms with Crippen molar-refractivity contribution in [3.63, 3.8) is 0 Å². The molecule has 2 heterocycles. The Morgan fingerprint density at radius 2 is 2.26 bits per heavy atom. The lowest BCUT2D eigenvalue weighted by molar-refractivity contribution is -0.159. The van der Waals surface area contributed by atoms with Gasteiger partial charge in [0.25, 0.3) is 0 Å². The summed E-state index contributed by atoms with van der Waals surface area (Å²) < 4.78 is 50.6. The van der Waals surface area contributed by atoms with Crippen LogP contribution in [-0.4, -0.2) is 41.4 Å². The summed E-state index contributed by atoms with van der Waals surface area (Å²) in [6.07, 6.45) is -3.40. The number of alkyl halides is 4. The molecule has 0 aliphatic carbocycles. The lowest BCUT2D eigenvalue weighted by atomic mass is 9.99. The van der Waals surface area contributed by atoms with Gasteiger partial charge >= 0.3 is 18.3 Å². The zero-order valence-electron chi connectivity index (χ0n) is 9.65. The quantitative estimate of drug-likeness (QED) is 0.869. The molecule has 19 heavy (non-hydrogen) atoms. The number of carbonyl (C=O) groups is 1. The summed E-state index contributed by atoms with van der Waals surface area (Å²) in [7, 11) is 0. The standard InChI is InChI=1S/C11H11F4NO2S/c12-10(13)11(14,15)5-16-3-1-7-6(2-4-19-7)8(16)9(17)18/h2,4,8,10H,1,3,5H2,(H,17,18). The molecule has 1 atom stereocenters. The Bertz CT molecular complexity index is 477. The van der Waals surface area contributed by atoms with Gasteiger partial charge in [0.05, 0.1) is 6.54 Å². The van der Waals surface area contributed by atoms with Gasteiger partial charge in [-0.2, -0.15) is 8.78 Å². The van der Waals surface area contributed by atoms with Crippen molar-refractivity contribution in [2.45, 2.75) is 24.8 Å². The van der Waals surface area contributed by atoms with E-state index in [1.807, 2.05) is 0 Å². The number of carboxylic acid groups (broad SMARTS) is 1. The van der Waals surface area contributed by atoms with E-state index in [-0.39, 0.29) is 6.54 Å². The van der Waals surface area contributed by atoms with Crippen LogP contribution in [0.1, 0.15) is 16.5 Å². The molecule has 1 N–H and O–H groups in total. The van der Waals surface area contributed by atoms with Crippen LogP contribution in [0.5, 0.6) is 0 Å². The topological polar surface area (TPSA) is 40.5 Å². The third-order valence-corrected chi connectivity index (χ3v) is 4.03. The zero-order valence-corrected chi connectivity index (χ0v) is 10.5. The van der Waals surface area contributed by atoms with Crippen LogP contribution in [0, 0.1) is 0 Å². The highest BCUT2D eigenvalue weighted by atomic mass is 32.1. The second kappa shape index (κ2) is 5.09. The second-order valence-electron chi connectivity index (χ2n) is 4.32. The van der Waals surface area contributed by atoms with Crippen molar-refractivity contribution in [2.75, 3.05) is 13.1 Å². The van der Waals surface area contributed by atoms with Crippen molar-refractivity contribution in [2.24, 2.45) is 0 Å². The van der Waals surface area contributed by atoms with Gasteiger partial charge in [-0.25, -0.2) is 8.78 Å². The number of rotatable bonds is 4. The number of aliphatic carboxylic acids is 1. The van der Waals surface area contributed by atoms with Crippen LogP contribution in [0.25, 0.3) is 0 Å². The molecular weight excluding hydrogens is 286 g/mol. The van der Waals surface area contributed by atoms with E-state index in [0.29, 0.717) is 12.0 Å². The van der Waals surface area contributed by atoms with Crippen molar-refractivity contribution >= 4 is 17.3 Å². The number of fused-ring (bicyclic) bond motifs is 1. The predicted octanol–water partition coefficient (Wildman–Crippen LogP) is 2.63. The Balaban J connectivity index is 2.25. The first-order valence-corrected chi connectivity index (χ1v) is 6.40. The van der Waals surface area contributed by atoms with Crippen molar-refractivity contribution in [1.29, 1.82) is 0 Å². The number of carboxylic acids is 1. The molecule has 2 rings (SSSR count). The van der Waals surface area contributed by atoms with Crippen LogP contribution < -0.4 is 0 Å². The Kier molecular flexibility index (Phi) is 3.82. The van der Waals surface area contributed by atoms with Crippen LogP contribution in [0.15, 0.2) is 11.4 Å². The van der Waals surface area contributed by atoms with Gasteiger partial charge in [0.1, 0.15) is 6.04 Å². The molecule has 0 radical (unpaired) electrons. The molecule has 8 heteroatoms. The van der Waals surface area contributed by atoms with E-state index < -0.39 is 30.9 Å². The SMILES string of the molecule is O=C(O)C1c2ccsc2CCN1CC(F)(F)C(F)F. The Morgan fingerprint density at radius 3 is 2.84 bits per heavy atom. The highest BCUT2D eigenvalue weighted by Crippen LogP contribution is 2.36. The van der Waals surface area contributed by atoms with Gasteiger partial charge in [0.2, 0.25) is 0 Å². The summed E-state index contributed by atoms with van der Waals surface area (Å²) in [5.74, 6) is -5.51. The Labute approximate surface area is 110 Å². The maximum absolute atomic E-state index is 13.1. The normalized spacial score (nSPS) is 20.6. The molecule has 0 saturated carbocycles. The maximum Gasteiger partial charge on any atom is 0.325 e. The molecule has 1 aromatic heterocycles. The van der Waals surface area contributed by atoms with Crippen molar-refractivity contribution in [3.8, 4) is 0 Å². The van der Waals surface area contributed by atoms with E-state index in [0.717, 1.165) is 9.78 Å². The number of halogens is 4. The van der Waals surface area contributed by atoms with E-state index in [1.165, 1.54) is 11.3 Å². The lowest BCUT2D eigenvalue weighted by Crippen LogP contribution is -2.47. The molecule has 1 aliphatic rings. The van der Waals surface area contributed by atoms with E-state index >= 15 is 0 Å². The molecular formula is C11H11F4NO2S. The highest BCUT2D eigenvalue weighted by Gasteiger charge is 2.46. The summed E-state index contributed by atoms with van der Waals surface area (Å²) in [4.78, 5) is 12.9. The first-order chi connectivity index (χ1) is 8.83. The van der Waals surface area contributed by atoms with Crippen LogP contribution in [0.2, 0.25) is 0 Å². The van der Waals surface area contributed by atoms with Gasteiger partial charge in [0, 0.05) is 11.4 Å². The number of hydrogen-bond acceptors (Lipinski definition) is 3. The third kappa shape index (κ3) is 2.74. The minimum atomic E-state index is -4.21. The summed E-state index contributed by atoms with van der Waals surface area (Å²) in [6, 6.07) is 0.269. The zero-order chi connectivity index (χ0) is 14.2. The Hall–Kier alpha value is -1.15. The number of thiophene rings is 1. The van der Waals surface area contributed by atoms with Crippen LogP contribution in [-0.2, 0) is 11.2 Å². The molecule has 0 amide bonds. The van der Waals surface area contributed by atoms with Crippen molar-refractivity contribution < 1.29 is 27.5 Å². The molecule has 0 aromatic carbocycles. The fraction of sp³-hybridized carbons (Fsp3) is 0.545. The number of nitrogens with zero attached hydrogens (tertiary/aromatic N) is 1. The Morgan fingerprint density at radius 1 is 1.58 bits per heavy atom. The second-order valence-corrected chi connectivity index (χ2v) is 5.32. The average Bonchev–Trinajstić information content (AvgIpc) is 2.75. The monoisotopic (exact) mass is 297 g/mol. The van der Waals surface area contributed by atoms with Gasteiger partial charge in [-0.05, 0) is 23.4 Å². The summed E-state index contributed by atoms with van der Waals surface area (Å²) in [5, 5.41) is 10.8. The molecule has 0 spiro atoms. The molecule has 106 valence electrons. The predicted molar refractivity (Wildman–Crippen MR) is 60.9 cm³/mol. The summed E-state index contributed by atoms with van der Waals surface area (Å²) in [5.41, 5.74) is 0.425. The average molecular weight is 297 g/mol. The van der Waals surface area contributed by atoms with Crippen molar-refractivity contribution in [1.82, 2.24) is 4.90 Å². The molecule has 0 saturated heterocycles. The van der Waals surface area contributed by atoms with Gasteiger partial charge in [-0.15, -0.1) is 11.3 Å². The first kappa shape index (κ1) is 14.3. The maximum atomic E-state index is 13.1. The van der Waals surface area contributed by atoms with E-state index in [1.54, 1.807) is 11.4 Å². The van der Waals surface area contributed by atoms with Crippen molar-refractivity contribution in [3.05, 3.63) is 21.9 Å². The van der Waals surface area contributed by atoms with Crippen LogP contribution >= 0.6 is 11.3 Å². The third-order valence-electron chi connectivity index (χ3n) is 3.03. The summed E-state index contributed by atoms with van der Waals surface area (Å²) >= 11 is 1.35. The molecule has 0 fully saturated rings. The molecule has 3 nitrogen and oxygen atoms in total. The van der Waals surface area contributed by atoms with E-state index in [9.17, 15) is 22.4 Å².